The van der Waals surface area contributed by atoms with E-state index < -0.39 is 0 Å². The fraction of sp³-hybridized carbons (Fsp3) is 1.00. The first-order valence-electron chi connectivity index (χ1n) is 17.7. The zero-order chi connectivity index (χ0) is 22.2. The van der Waals surface area contributed by atoms with Gasteiger partial charge in [-0.25, -0.2) is 0 Å². The van der Waals surface area contributed by atoms with E-state index in [2.05, 4.69) is 0 Å². The van der Waals surface area contributed by atoms with E-state index in [1.165, 1.54) is 118 Å². The minimum atomic E-state index is 0.878. The standard InChI is InChI=1S/C36H46/c1-14-6-27-19-2-16-3-20(18(1)19)28(7-14)35(27,11-16)33-17-8-23-25-12-34-10-15-4-21-26-13-36(33,31(23)29(21)34)32(24(25)9-17)30(34)22(26)5-15/h14-33H,1-13H2. The van der Waals surface area contributed by atoms with Crippen molar-refractivity contribution < 1.29 is 0 Å². The zero-order valence-corrected chi connectivity index (χ0v) is 22.2. The molecule has 0 aromatic carbocycles. The normalized spacial score (nSPS) is 84.7. The lowest BCUT2D eigenvalue weighted by Crippen LogP contribution is -2.89. The van der Waals surface area contributed by atoms with Gasteiger partial charge < -0.3 is 0 Å². The molecule has 20 saturated carbocycles. The molecule has 0 amide bonds. The molecule has 0 aromatic rings. The van der Waals surface area contributed by atoms with Gasteiger partial charge in [0, 0.05) is 0 Å². The maximum Gasteiger partial charge on any atom is -0.0190 e. The third-order valence-corrected chi connectivity index (χ3v) is 20.4. The lowest BCUT2D eigenvalue weighted by atomic mass is 9.10. The van der Waals surface area contributed by atoms with Gasteiger partial charge in [0.05, 0.1) is 0 Å². The summed E-state index contributed by atoms with van der Waals surface area (Å²) in [6.07, 6.45) is 22.7. The Labute approximate surface area is 217 Å². The van der Waals surface area contributed by atoms with Gasteiger partial charge in [-0.2, -0.15) is 0 Å². The van der Waals surface area contributed by atoms with Crippen molar-refractivity contribution >= 4 is 0 Å². The van der Waals surface area contributed by atoms with Crippen LogP contribution in [-0.2, 0) is 0 Å². The van der Waals surface area contributed by atoms with Gasteiger partial charge >= 0.3 is 0 Å². The summed E-state index contributed by atoms with van der Waals surface area (Å²) in [5.74, 6) is 24.6. The number of hydrogen-bond acceptors (Lipinski definition) is 0. The third-order valence-electron chi connectivity index (χ3n) is 20.4. The molecule has 20 aliphatic rings. The van der Waals surface area contributed by atoms with Crippen molar-refractivity contribution in [1.29, 1.82) is 0 Å². The van der Waals surface area contributed by atoms with Gasteiger partial charge in [-0.05, 0) is 218 Å². The lowest BCUT2D eigenvalue weighted by molar-refractivity contribution is -0.464. The molecule has 0 heteroatoms. The van der Waals surface area contributed by atoms with Gasteiger partial charge in [0.2, 0.25) is 0 Å². The molecule has 13 atom stereocenters. The van der Waals surface area contributed by atoms with Crippen LogP contribution in [-0.4, -0.2) is 0 Å². The smallest absolute Gasteiger partial charge is 0.0190 e. The van der Waals surface area contributed by atoms with E-state index >= 15 is 0 Å². The first-order valence-corrected chi connectivity index (χ1v) is 17.7. The van der Waals surface area contributed by atoms with Crippen LogP contribution < -0.4 is 0 Å². The summed E-state index contributed by atoms with van der Waals surface area (Å²) < 4.78 is 0. The monoisotopic (exact) mass is 478 g/mol. The van der Waals surface area contributed by atoms with Gasteiger partial charge in [0.1, 0.15) is 0 Å². The van der Waals surface area contributed by atoms with Crippen LogP contribution >= 0.6 is 0 Å². The molecule has 2 spiro atoms. The summed E-state index contributed by atoms with van der Waals surface area (Å²) >= 11 is 0. The minimum Gasteiger partial charge on any atom is -0.0470 e. The summed E-state index contributed by atoms with van der Waals surface area (Å²) in [7, 11) is 0. The predicted octanol–water partition coefficient (Wildman–Crippen LogP) is 7.53. The molecule has 0 nitrogen and oxygen atoms in total. The van der Waals surface area contributed by atoms with Crippen LogP contribution in [0.5, 0.6) is 0 Å². The highest BCUT2D eigenvalue weighted by Gasteiger charge is 2.90. The van der Waals surface area contributed by atoms with Gasteiger partial charge in [0.15, 0.2) is 0 Å². The highest BCUT2D eigenvalue weighted by Crippen LogP contribution is 2.96. The fourth-order valence-corrected chi connectivity index (χ4v) is 22.1. The molecule has 20 aliphatic carbocycles. The Balaban J connectivity index is 1.05. The molecule has 20 fully saturated rings. The molecule has 190 valence electrons. The van der Waals surface area contributed by atoms with E-state index in [4.69, 9.17) is 0 Å². The predicted molar refractivity (Wildman–Crippen MR) is 137 cm³/mol. The Bertz CT molecular complexity index is 1110. The third kappa shape index (κ3) is 1.38. The molecular formula is C36H46. The second kappa shape index (κ2) is 4.89. The topological polar surface area (TPSA) is 0 Å². The van der Waals surface area contributed by atoms with E-state index in [1.54, 1.807) is 77.0 Å². The van der Waals surface area contributed by atoms with Crippen LogP contribution in [0.3, 0.4) is 0 Å². The minimum absolute atomic E-state index is 0.878. The molecule has 13 unspecified atom stereocenters. The van der Waals surface area contributed by atoms with Crippen LogP contribution in [0.15, 0.2) is 0 Å². The van der Waals surface area contributed by atoms with Crippen LogP contribution in [0.1, 0.15) is 83.5 Å². The van der Waals surface area contributed by atoms with Crippen molar-refractivity contribution in [2.45, 2.75) is 83.5 Å². The van der Waals surface area contributed by atoms with Gasteiger partial charge in [-0.15, -0.1) is 0 Å². The molecule has 0 heterocycles. The largest absolute Gasteiger partial charge is 0.0470 e. The van der Waals surface area contributed by atoms with E-state index in [9.17, 15) is 0 Å². The Morgan fingerprint density at radius 2 is 0.944 bits per heavy atom. The summed E-state index contributed by atoms with van der Waals surface area (Å²) in [4.78, 5) is 0. The maximum absolute atomic E-state index is 1.82. The molecule has 0 aliphatic heterocycles. The quantitative estimate of drug-likeness (QED) is 0.365. The molecule has 0 saturated heterocycles. The highest BCUT2D eigenvalue weighted by atomic mass is 14.9. The fourth-order valence-electron chi connectivity index (χ4n) is 22.1. The summed E-state index contributed by atoms with van der Waals surface area (Å²) in [5, 5.41) is 0. The van der Waals surface area contributed by atoms with Crippen molar-refractivity contribution in [3.63, 3.8) is 0 Å². The molecule has 36 heavy (non-hydrogen) atoms. The van der Waals surface area contributed by atoms with Gasteiger partial charge in [-0.3, -0.25) is 0 Å². The van der Waals surface area contributed by atoms with Crippen LogP contribution in [0, 0.1) is 135 Å². The van der Waals surface area contributed by atoms with Crippen molar-refractivity contribution in [2.75, 3.05) is 0 Å². The van der Waals surface area contributed by atoms with Crippen LogP contribution in [0.25, 0.3) is 0 Å². The summed E-state index contributed by atoms with van der Waals surface area (Å²) in [6.45, 7) is 0. The summed E-state index contributed by atoms with van der Waals surface area (Å²) in [6, 6.07) is 0. The average molecular weight is 479 g/mol. The molecule has 22 bridgehead atoms. The number of hydrogen-bond donors (Lipinski definition) is 0. The van der Waals surface area contributed by atoms with Gasteiger partial charge in [-0.1, -0.05) is 0 Å². The van der Waals surface area contributed by atoms with Crippen molar-refractivity contribution in [3.8, 4) is 0 Å². The van der Waals surface area contributed by atoms with E-state index in [-0.39, 0.29) is 0 Å². The lowest BCUT2D eigenvalue weighted by Gasteiger charge is -2.94. The first-order chi connectivity index (χ1) is 17.7. The van der Waals surface area contributed by atoms with Crippen LogP contribution in [0.4, 0.5) is 0 Å². The molecular weight excluding hydrogens is 432 g/mol. The maximum atomic E-state index is 1.82. The SMILES string of the molecule is C1C2CC3C4CC5CC(C14)C(C2)C3(C1C2CC3C4CC67CC8CC9C%10CC1(C3C96)C(C4C2)C7C%10C8)C5. The Kier molecular flexibility index (Phi) is 2.49. The molecule has 0 aromatic heterocycles. The second-order valence-electron chi connectivity index (χ2n) is 19.5. The molecule has 0 radical (unpaired) electrons. The van der Waals surface area contributed by atoms with Crippen LogP contribution in [0.2, 0.25) is 0 Å². The van der Waals surface area contributed by atoms with E-state index in [1.807, 2.05) is 6.42 Å². The van der Waals surface area contributed by atoms with Crippen molar-refractivity contribution in [3.05, 3.63) is 0 Å². The zero-order valence-electron chi connectivity index (χ0n) is 22.2. The molecule has 0 N–H and O–H groups in total. The Hall–Kier alpha value is 0. The Morgan fingerprint density at radius 1 is 0.361 bits per heavy atom. The highest BCUT2D eigenvalue weighted by molar-refractivity contribution is 5.38. The first kappa shape index (κ1) is 18.4. The van der Waals surface area contributed by atoms with Gasteiger partial charge in [0.25, 0.3) is 0 Å². The van der Waals surface area contributed by atoms with Crippen molar-refractivity contribution in [2.24, 2.45) is 135 Å². The Morgan fingerprint density at radius 3 is 1.67 bits per heavy atom. The second-order valence-corrected chi connectivity index (χ2v) is 19.5. The van der Waals surface area contributed by atoms with Crippen molar-refractivity contribution in [1.82, 2.24) is 0 Å². The summed E-state index contributed by atoms with van der Waals surface area (Å²) in [5.41, 5.74) is 2.69. The van der Waals surface area contributed by atoms with E-state index in [0.29, 0.717) is 0 Å². The molecule has 20 rings (SSSR count). The van der Waals surface area contributed by atoms with E-state index in [0.717, 1.165) is 16.2 Å². The average Bonchev–Trinajstić information content (AvgIpc) is 2.89. The number of rotatable bonds is 1.